The van der Waals surface area contributed by atoms with Crippen LogP contribution in [0.1, 0.15) is 24.3 Å². The highest BCUT2D eigenvalue weighted by atomic mass is 32.2. The van der Waals surface area contributed by atoms with E-state index in [-0.39, 0.29) is 6.54 Å². The van der Waals surface area contributed by atoms with E-state index in [1.54, 1.807) is 6.92 Å². The van der Waals surface area contributed by atoms with Crippen molar-refractivity contribution in [2.24, 2.45) is 5.73 Å². The Balaban J connectivity index is 2.73. The molecule has 1 rings (SSSR count). The minimum Gasteiger partial charge on any atom is -0.326 e. The standard InChI is InChI=1S/C12H23N3O2S2/c1-4-15(5-2)7-6-14-19(16,17)12-10(3)9-18-11(12)8-13/h9,14H,4-8,13H2,1-3H3. The third-order valence-corrected chi connectivity index (χ3v) is 6.00. The van der Waals surface area contributed by atoms with Crippen LogP contribution in [0.15, 0.2) is 10.3 Å². The largest absolute Gasteiger partial charge is 0.326 e. The normalized spacial score (nSPS) is 12.3. The number of nitrogens with one attached hydrogen (secondary N) is 1. The summed E-state index contributed by atoms with van der Waals surface area (Å²) in [6, 6.07) is 0. The molecular weight excluding hydrogens is 282 g/mol. The predicted molar refractivity (Wildman–Crippen MR) is 79.9 cm³/mol. The lowest BCUT2D eigenvalue weighted by molar-refractivity contribution is 0.309. The fourth-order valence-electron chi connectivity index (χ4n) is 1.94. The van der Waals surface area contributed by atoms with Crippen molar-refractivity contribution in [1.82, 2.24) is 9.62 Å². The van der Waals surface area contributed by atoms with Gasteiger partial charge < -0.3 is 10.6 Å². The van der Waals surface area contributed by atoms with Crippen LogP contribution in [0, 0.1) is 6.92 Å². The SMILES string of the molecule is CCN(CC)CCNS(=O)(=O)c1c(C)csc1CN. The van der Waals surface area contributed by atoms with Gasteiger partial charge in [0.25, 0.3) is 0 Å². The van der Waals surface area contributed by atoms with Crippen LogP contribution in [-0.4, -0.2) is 39.5 Å². The molecule has 0 radical (unpaired) electrons. The molecule has 1 heterocycles. The van der Waals surface area contributed by atoms with Crippen molar-refractivity contribution in [3.8, 4) is 0 Å². The molecule has 0 atom stereocenters. The zero-order valence-corrected chi connectivity index (χ0v) is 13.4. The van der Waals surface area contributed by atoms with Crippen LogP contribution >= 0.6 is 11.3 Å². The Morgan fingerprint density at radius 3 is 2.53 bits per heavy atom. The van der Waals surface area contributed by atoms with Crippen LogP contribution in [0.25, 0.3) is 0 Å². The Labute approximate surface area is 119 Å². The molecule has 0 aliphatic carbocycles. The second kappa shape index (κ2) is 7.35. The van der Waals surface area contributed by atoms with E-state index in [1.807, 2.05) is 5.38 Å². The monoisotopic (exact) mass is 305 g/mol. The first-order valence-corrected chi connectivity index (χ1v) is 8.81. The van der Waals surface area contributed by atoms with Gasteiger partial charge in [0.1, 0.15) is 4.90 Å². The quantitative estimate of drug-likeness (QED) is 0.755. The molecule has 0 aromatic carbocycles. The molecule has 1 aromatic heterocycles. The maximum absolute atomic E-state index is 12.3. The van der Waals surface area contributed by atoms with Gasteiger partial charge in [0.05, 0.1) is 0 Å². The summed E-state index contributed by atoms with van der Waals surface area (Å²) in [6.45, 7) is 9.16. The summed E-state index contributed by atoms with van der Waals surface area (Å²) in [5.74, 6) is 0. The van der Waals surface area contributed by atoms with Gasteiger partial charge >= 0.3 is 0 Å². The predicted octanol–water partition coefficient (Wildman–Crippen LogP) is 1.14. The Hall–Kier alpha value is -0.470. The second-order valence-electron chi connectivity index (χ2n) is 4.30. The van der Waals surface area contributed by atoms with E-state index in [4.69, 9.17) is 5.73 Å². The topological polar surface area (TPSA) is 75.4 Å². The van der Waals surface area contributed by atoms with E-state index < -0.39 is 10.0 Å². The highest BCUT2D eigenvalue weighted by Gasteiger charge is 2.21. The minimum atomic E-state index is -3.45. The number of likely N-dealkylation sites (N-methyl/N-ethyl adjacent to an activating group) is 1. The molecule has 0 spiro atoms. The average Bonchev–Trinajstić information content (AvgIpc) is 2.76. The van der Waals surface area contributed by atoms with Gasteiger partial charge in [-0.2, -0.15) is 0 Å². The van der Waals surface area contributed by atoms with Gasteiger partial charge in [-0.05, 0) is 31.0 Å². The van der Waals surface area contributed by atoms with Gasteiger partial charge in [0.15, 0.2) is 0 Å². The maximum Gasteiger partial charge on any atom is 0.242 e. The minimum absolute atomic E-state index is 0.255. The Kier molecular flexibility index (Phi) is 6.41. The molecule has 110 valence electrons. The van der Waals surface area contributed by atoms with Gasteiger partial charge in [-0.3, -0.25) is 0 Å². The van der Waals surface area contributed by atoms with Crippen molar-refractivity contribution in [2.45, 2.75) is 32.2 Å². The summed E-state index contributed by atoms with van der Waals surface area (Å²) in [5, 5.41) is 1.83. The summed E-state index contributed by atoms with van der Waals surface area (Å²) < 4.78 is 27.2. The number of rotatable bonds is 8. The molecule has 1 aromatic rings. The lowest BCUT2D eigenvalue weighted by atomic mass is 10.3. The Bertz CT molecular complexity index is 493. The first kappa shape index (κ1) is 16.6. The number of nitrogens with zero attached hydrogens (tertiary/aromatic N) is 1. The summed E-state index contributed by atoms with van der Waals surface area (Å²) in [5.41, 5.74) is 6.36. The van der Waals surface area contributed by atoms with Gasteiger partial charge in [-0.25, -0.2) is 13.1 Å². The maximum atomic E-state index is 12.3. The number of thiophene rings is 1. The molecule has 0 saturated heterocycles. The zero-order valence-electron chi connectivity index (χ0n) is 11.8. The molecule has 0 bridgehead atoms. The van der Waals surface area contributed by atoms with Crippen molar-refractivity contribution in [3.63, 3.8) is 0 Å². The summed E-state index contributed by atoms with van der Waals surface area (Å²) in [4.78, 5) is 3.25. The average molecular weight is 305 g/mol. The lowest BCUT2D eigenvalue weighted by Crippen LogP contribution is -2.35. The highest BCUT2D eigenvalue weighted by Crippen LogP contribution is 2.26. The van der Waals surface area contributed by atoms with Gasteiger partial charge in [0.2, 0.25) is 10.0 Å². The highest BCUT2D eigenvalue weighted by molar-refractivity contribution is 7.89. The third kappa shape index (κ3) is 4.25. The van der Waals surface area contributed by atoms with Gasteiger partial charge in [0, 0.05) is 24.5 Å². The molecule has 0 saturated carbocycles. The second-order valence-corrected chi connectivity index (χ2v) is 6.97. The van der Waals surface area contributed by atoms with Gasteiger partial charge in [-0.15, -0.1) is 11.3 Å². The van der Waals surface area contributed by atoms with Crippen LogP contribution in [0.3, 0.4) is 0 Å². The molecule has 5 nitrogen and oxygen atoms in total. The van der Waals surface area contributed by atoms with Crippen LogP contribution in [0.5, 0.6) is 0 Å². The fourth-order valence-corrected chi connectivity index (χ4v) is 4.66. The molecule has 0 fully saturated rings. The number of aryl methyl sites for hydroxylation is 1. The first-order chi connectivity index (χ1) is 8.96. The van der Waals surface area contributed by atoms with Crippen molar-refractivity contribution in [2.75, 3.05) is 26.2 Å². The molecule has 0 aliphatic heterocycles. The molecular formula is C12H23N3O2S2. The molecule has 7 heteroatoms. The van der Waals surface area contributed by atoms with E-state index in [2.05, 4.69) is 23.5 Å². The van der Waals surface area contributed by atoms with E-state index in [0.717, 1.165) is 18.7 Å². The summed E-state index contributed by atoms with van der Waals surface area (Å²) in [6.07, 6.45) is 0. The van der Waals surface area contributed by atoms with Crippen LogP contribution in [0.2, 0.25) is 0 Å². The van der Waals surface area contributed by atoms with E-state index in [9.17, 15) is 8.42 Å². The van der Waals surface area contributed by atoms with Crippen molar-refractivity contribution < 1.29 is 8.42 Å². The van der Waals surface area contributed by atoms with E-state index >= 15 is 0 Å². The van der Waals surface area contributed by atoms with E-state index in [0.29, 0.717) is 22.9 Å². The number of hydrogen-bond acceptors (Lipinski definition) is 5. The van der Waals surface area contributed by atoms with E-state index in [1.165, 1.54) is 11.3 Å². The number of nitrogens with two attached hydrogens (primary N) is 1. The molecule has 0 amide bonds. The van der Waals surface area contributed by atoms with Crippen molar-refractivity contribution in [3.05, 3.63) is 15.8 Å². The third-order valence-electron chi connectivity index (χ3n) is 3.06. The number of hydrogen-bond donors (Lipinski definition) is 2. The van der Waals surface area contributed by atoms with Crippen LogP contribution in [-0.2, 0) is 16.6 Å². The molecule has 3 N–H and O–H groups in total. The fraction of sp³-hybridized carbons (Fsp3) is 0.667. The van der Waals surface area contributed by atoms with Crippen LogP contribution in [0.4, 0.5) is 0 Å². The Morgan fingerprint density at radius 2 is 2.00 bits per heavy atom. The number of sulfonamides is 1. The summed E-state index contributed by atoms with van der Waals surface area (Å²) in [7, 11) is -3.45. The van der Waals surface area contributed by atoms with Crippen molar-refractivity contribution >= 4 is 21.4 Å². The zero-order chi connectivity index (χ0) is 14.5. The molecule has 19 heavy (non-hydrogen) atoms. The lowest BCUT2D eigenvalue weighted by Gasteiger charge is -2.18. The molecule has 0 unspecified atom stereocenters. The molecule has 0 aliphatic rings. The smallest absolute Gasteiger partial charge is 0.242 e. The Morgan fingerprint density at radius 1 is 1.37 bits per heavy atom. The van der Waals surface area contributed by atoms with Gasteiger partial charge in [-0.1, -0.05) is 13.8 Å². The summed E-state index contributed by atoms with van der Waals surface area (Å²) >= 11 is 1.40. The van der Waals surface area contributed by atoms with Crippen LogP contribution < -0.4 is 10.5 Å². The first-order valence-electron chi connectivity index (χ1n) is 6.45. The van der Waals surface area contributed by atoms with Crippen molar-refractivity contribution in [1.29, 1.82) is 0 Å².